The number of para-hydroxylation sites is 2. The van der Waals surface area contributed by atoms with Crippen molar-refractivity contribution in [2.75, 3.05) is 30.8 Å². The maximum absolute atomic E-state index is 13.1. The fourth-order valence-electron chi connectivity index (χ4n) is 4.65. The highest BCUT2D eigenvalue weighted by atomic mass is 79.9. The first-order valence-electron chi connectivity index (χ1n) is 13.5. The number of pyridine rings is 1. The van der Waals surface area contributed by atoms with Crippen molar-refractivity contribution in [1.82, 2.24) is 0 Å². The molecular weight excluding hydrogens is 623 g/mol. The Bertz CT molecular complexity index is 1510. The van der Waals surface area contributed by atoms with Crippen LogP contribution in [0.5, 0.6) is 0 Å². The van der Waals surface area contributed by atoms with E-state index in [0.717, 1.165) is 22.8 Å². The fourth-order valence-corrected chi connectivity index (χ4v) is 7.03. The van der Waals surface area contributed by atoms with E-state index < -0.39 is 7.60 Å². The van der Waals surface area contributed by atoms with E-state index in [1.807, 2.05) is 12.1 Å². The Morgan fingerprint density at radius 2 is 1.56 bits per heavy atom. The zero-order valence-corrected chi connectivity index (χ0v) is 26.4. The largest absolute Gasteiger partial charge is 1.00 e. The summed E-state index contributed by atoms with van der Waals surface area (Å²) >= 11 is 1.74. The summed E-state index contributed by atoms with van der Waals surface area (Å²) in [5.74, 6) is 0. The average Bonchev–Trinajstić information content (AvgIpc) is 3.34. The van der Waals surface area contributed by atoms with E-state index in [2.05, 4.69) is 94.5 Å². The van der Waals surface area contributed by atoms with Crippen LogP contribution in [0, 0.1) is 0 Å². The molecule has 1 aliphatic heterocycles. The predicted molar refractivity (Wildman–Crippen MR) is 160 cm³/mol. The standard InChI is InChI=1S/C31H34N2O5PS.BrH/c1-3-35-37-39(34,38-36-4-2)22-12-20-33-29-17-10-11-18-30(29)40-31(33)23-26-19-21-32(24-25-13-6-5-7-14-25)28-16-9-8-15-27(26)28;/h5-11,13-19,21,23H,3-4,12,20,22,24H2,1-2H3;1H/q+1;/p-1. The Labute approximate surface area is 256 Å². The molecule has 0 bridgehead atoms. The second-order valence-electron chi connectivity index (χ2n) is 9.26. The van der Waals surface area contributed by atoms with Gasteiger partial charge in [0, 0.05) is 29.1 Å². The Hall–Kier alpha value is -2.49. The first-order valence-corrected chi connectivity index (χ1v) is 16.1. The Morgan fingerprint density at radius 1 is 0.878 bits per heavy atom. The summed E-state index contributed by atoms with van der Waals surface area (Å²) in [5.41, 5.74) is 4.71. The van der Waals surface area contributed by atoms with Crippen LogP contribution in [0.4, 0.5) is 5.69 Å². The van der Waals surface area contributed by atoms with Crippen LogP contribution in [0.15, 0.2) is 101 Å². The fraction of sp³-hybridized carbons (Fsp3) is 0.258. The van der Waals surface area contributed by atoms with Crippen molar-refractivity contribution in [3.8, 4) is 0 Å². The smallest absolute Gasteiger partial charge is 0.384 e. The molecule has 0 fully saturated rings. The summed E-state index contributed by atoms with van der Waals surface area (Å²) in [5, 5.41) is 2.29. The minimum Gasteiger partial charge on any atom is -1.00 e. The summed E-state index contributed by atoms with van der Waals surface area (Å²) < 4.78 is 25.6. The van der Waals surface area contributed by atoms with Crippen LogP contribution in [-0.2, 0) is 30.2 Å². The van der Waals surface area contributed by atoms with E-state index in [1.165, 1.54) is 21.4 Å². The maximum atomic E-state index is 13.1. The van der Waals surface area contributed by atoms with Crippen molar-refractivity contribution >= 4 is 42.0 Å². The van der Waals surface area contributed by atoms with Crippen LogP contribution < -0.4 is 26.4 Å². The van der Waals surface area contributed by atoms with Crippen LogP contribution in [-0.4, -0.2) is 25.9 Å². The lowest BCUT2D eigenvalue weighted by atomic mass is 10.1. The number of nitrogens with zero attached hydrogens (tertiary/aromatic N) is 2. The first-order chi connectivity index (χ1) is 19.6. The highest BCUT2D eigenvalue weighted by molar-refractivity contribution is 8.03. The first kappa shape index (κ1) is 31.4. The molecule has 216 valence electrons. The second-order valence-corrected chi connectivity index (χ2v) is 12.3. The van der Waals surface area contributed by atoms with Crippen molar-refractivity contribution in [2.45, 2.75) is 31.7 Å². The van der Waals surface area contributed by atoms with Gasteiger partial charge in [-0.05, 0) is 50.1 Å². The van der Waals surface area contributed by atoms with Gasteiger partial charge in [0.1, 0.15) is 0 Å². The molecule has 7 nitrogen and oxygen atoms in total. The third kappa shape index (κ3) is 7.87. The number of hydrogen-bond acceptors (Lipinski definition) is 7. The minimum atomic E-state index is -3.55. The van der Waals surface area contributed by atoms with Crippen molar-refractivity contribution in [2.24, 2.45) is 0 Å². The molecule has 41 heavy (non-hydrogen) atoms. The normalized spacial score (nSPS) is 13.9. The minimum absolute atomic E-state index is 0. The van der Waals surface area contributed by atoms with Crippen molar-refractivity contribution < 1.29 is 45.2 Å². The van der Waals surface area contributed by atoms with E-state index in [4.69, 9.17) is 19.1 Å². The number of benzene rings is 3. The van der Waals surface area contributed by atoms with Gasteiger partial charge in [0.15, 0.2) is 12.7 Å². The van der Waals surface area contributed by atoms with Gasteiger partial charge in [-0.25, -0.2) is 9.78 Å². The number of rotatable bonds is 13. The van der Waals surface area contributed by atoms with Gasteiger partial charge < -0.3 is 21.9 Å². The Morgan fingerprint density at radius 3 is 2.32 bits per heavy atom. The van der Waals surface area contributed by atoms with Gasteiger partial charge in [0.05, 0.1) is 35.5 Å². The molecule has 10 heteroatoms. The summed E-state index contributed by atoms with van der Waals surface area (Å²) in [6.07, 6.45) is 5.12. The zero-order valence-electron chi connectivity index (χ0n) is 23.1. The number of hydrogen-bond donors (Lipinski definition) is 0. The molecule has 5 rings (SSSR count). The van der Waals surface area contributed by atoms with E-state index >= 15 is 0 Å². The molecular formula is C31H34BrN2O5PS. The number of anilines is 1. The lowest BCUT2D eigenvalue weighted by molar-refractivity contribution is -0.662. The van der Waals surface area contributed by atoms with Crippen LogP contribution >= 0.6 is 19.4 Å². The van der Waals surface area contributed by atoms with E-state index in [9.17, 15) is 4.57 Å². The SMILES string of the molecule is CCOOP(=O)(CCCN1/C(=C/c2cc[n+](Cc3ccccc3)c3ccccc23)Sc2ccccc21)OOCC.[Br-]. The molecule has 0 saturated carbocycles. The molecule has 0 aliphatic carbocycles. The molecule has 4 aromatic rings. The van der Waals surface area contributed by atoms with Crippen molar-refractivity contribution in [3.05, 3.63) is 107 Å². The van der Waals surface area contributed by atoms with Gasteiger partial charge in [0.2, 0.25) is 5.52 Å². The molecule has 2 heterocycles. The number of aromatic nitrogens is 1. The number of fused-ring (bicyclic) bond motifs is 2. The molecule has 3 aromatic carbocycles. The Kier molecular flexibility index (Phi) is 11.6. The predicted octanol–water partition coefficient (Wildman–Crippen LogP) is 4.61. The second kappa shape index (κ2) is 15.1. The zero-order chi connectivity index (χ0) is 27.8. The summed E-state index contributed by atoms with van der Waals surface area (Å²) in [6.45, 7) is 5.48. The average molecular weight is 658 g/mol. The van der Waals surface area contributed by atoms with Gasteiger partial charge in [0.25, 0.3) is 0 Å². The molecule has 0 spiro atoms. The lowest BCUT2D eigenvalue weighted by Crippen LogP contribution is -3.00. The van der Waals surface area contributed by atoms with Gasteiger partial charge in [-0.2, -0.15) is 4.57 Å². The van der Waals surface area contributed by atoms with Crippen LogP contribution in [0.3, 0.4) is 0 Å². The molecule has 0 saturated heterocycles. The molecule has 0 N–H and O–H groups in total. The molecule has 1 aliphatic rings. The monoisotopic (exact) mass is 656 g/mol. The van der Waals surface area contributed by atoms with E-state index in [1.54, 1.807) is 25.6 Å². The van der Waals surface area contributed by atoms with Gasteiger partial charge >= 0.3 is 7.60 Å². The summed E-state index contributed by atoms with van der Waals surface area (Å²) in [7, 11) is -3.55. The number of thioether (sulfide) groups is 1. The third-order valence-corrected chi connectivity index (χ3v) is 9.09. The molecule has 0 unspecified atom stereocenters. The topological polar surface area (TPSA) is 61.1 Å². The Balaban J connectivity index is 0.00000387. The van der Waals surface area contributed by atoms with Gasteiger partial charge in [-0.15, -0.1) is 9.35 Å². The van der Waals surface area contributed by atoms with Gasteiger partial charge in [-0.3, -0.25) is 4.57 Å². The molecule has 0 amide bonds. The summed E-state index contributed by atoms with van der Waals surface area (Å²) in [6, 6.07) is 29.5. The summed E-state index contributed by atoms with van der Waals surface area (Å²) in [4.78, 5) is 13.4. The van der Waals surface area contributed by atoms with E-state index in [-0.39, 0.29) is 36.4 Å². The quantitative estimate of drug-likeness (QED) is 0.0902. The van der Waals surface area contributed by atoms with Crippen molar-refractivity contribution in [3.63, 3.8) is 0 Å². The van der Waals surface area contributed by atoms with Gasteiger partial charge in [-0.1, -0.05) is 66.4 Å². The van der Waals surface area contributed by atoms with Crippen molar-refractivity contribution in [1.29, 1.82) is 0 Å². The lowest BCUT2D eigenvalue weighted by Gasteiger charge is -2.22. The van der Waals surface area contributed by atoms with E-state index in [0.29, 0.717) is 13.0 Å². The molecule has 0 atom stereocenters. The molecule has 0 radical (unpaired) electrons. The number of halogens is 1. The van der Waals surface area contributed by atoms with Crippen LogP contribution in [0.1, 0.15) is 31.4 Å². The maximum Gasteiger partial charge on any atom is 0.384 e. The molecule has 1 aromatic heterocycles. The van der Waals surface area contributed by atoms with Crippen LogP contribution in [0.2, 0.25) is 0 Å². The highest BCUT2D eigenvalue weighted by Gasteiger charge is 2.30. The third-order valence-electron chi connectivity index (χ3n) is 6.45. The highest BCUT2D eigenvalue weighted by Crippen LogP contribution is 2.51. The van der Waals surface area contributed by atoms with Crippen LogP contribution in [0.25, 0.3) is 17.0 Å².